The molecule has 0 bridgehead atoms. The Bertz CT molecular complexity index is 1010. The van der Waals surface area contributed by atoms with Crippen LogP contribution in [0.5, 0.6) is 0 Å². The van der Waals surface area contributed by atoms with E-state index in [0.29, 0.717) is 0 Å². The first-order valence-corrected chi connectivity index (χ1v) is 11.4. The fraction of sp³-hybridized carbons (Fsp3) is 0.423. The highest BCUT2D eigenvalue weighted by molar-refractivity contribution is 5.88. The standard InChI is InChI=1S/C26H32N2O6/c1-5-28(26(2,3)24(30)31)23(29)22(33-4)14-15-27-25(32)34-16-21-19-12-8-6-10-17(19)18-11-7-9-13-20(18)21/h6-13,21-22H,5,14-16H2,1-4H3,(H,27,32)(H,30,31). The lowest BCUT2D eigenvalue weighted by Crippen LogP contribution is -2.56. The van der Waals surface area contributed by atoms with Crippen LogP contribution >= 0.6 is 0 Å². The molecule has 8 heteroatoms. The quantitative estimate of drug-likeness (QED) is 0.552. The van der Waals surface area contributed by atoms with Gasteiger partial charge in [-0.15, -0.1) is 0 Å². The lowest BCUT2D eigenvalue weighted by molar-refractivity contribution is -0.161. The number of carboxylic acid groups (broad SMARTS) is 1. The Balaban J connectivity index is 1.54. The predicted molar refractivity (Wildman–Crippen MR) is 128 cm³/mol. The third-order valence-electron chi connectivity index (χ3n) is 6.36. The number of nitrogens with one attached hydrogen (secondary N) is 1. The Morgan fingerprint density at radius 2 is 1.62 bits per heavy atom. The van der Waals surface area contributed by atoms with E-state index >= 15 is 0 Å². The van der Waals surface area contributed by atoms with Crippen LogP contribution in [0.2, 0.25) is 0 Å². The minimum Gasteiger partial charge on any atom is -0.480 e. The number of hydrogen-bond acceptors (Lipinski definition) is 5. The van der Waals surface area contributed by atoms with Gasteiger partial charge in [0.15, 0.2) is 0 Å². The number of carbonyl (C=O) groups is 3. The first-order valence-electron chi connectivity index (χ1n) is 11.4. The van der Waals surface area contributed by atoms with E-state index in [1.165, 1.54) is 25.9 Å². The number of benzene rings is 2. The number of nitrogens with zero attached hydrogens (tertiary/aromatic N) is 1. The molecule has 34 heavy (non-hydrogen) atoms. The Kier molecular flexibility index (Phi) is 7.94. The molecule has 1 aliphatic carbocycles. The average Bonchev–Trinajstić information content (AvgIpc) is 3.14. The number of hydrogen-bond donors (Lipinski definition) is 2. The topological polar surface area (TPSA) is 105 Å². The first kappa shape index (κ1) is 25.2. The van der Waals surface area contributed by atoms with E-state index in [1.807, 2.05) is 36.4 Å². The second-order valence-corrected chi connectivity index (χ2v) is 8.71. The van der Waals surface area contributed by atoms with Crippen molar-refractivity contribution in [3.8, 4) is 11.1 Å². The number of likely N-dealkylation sites (N-methyl/N-ethyl adjacent to an activating group) is 1. The van der Waals surface area contributed by atoms with Gasteiger partial charge in [0, 0.05) is 32.5 Å². The molecule has 3 rings (SSSR count). The molecule has 0 spiro atoms. The lowest BCUT2D eigenvalue weighted by Gasteiger charge is -2.36. The summed E-state index contributed by atoms with van der Waals surface area (Å²) in [5.41, 5.74) is 3.18. The molecule has 2 amide bonds. The number of amides is 2. The average molecular weight is 469 g/mol. The monoisotopic (exact) mass is 468 g/mol. The number of aliphatic carboxylic acids is 1. The van der Waals surface area contributed by atoms with Gasteiger partial charge in [0.25, 0.3) is 5.91 Å². The van der Waals surface area contributed by atoms with Gasteiger partial charge in [0.1, 0.15) is 18.2 Å². The van der Waals surface area contributed by atoms with Crippen molar-refractivity contribution in [3.05, 3.63) is 59.7 Å². The summed E-state index contributed by atoms with van der Waals surface area (Å²) < 4.78 is 10.8. The maximum absolute atomic E-state index is 12.9. The lowest BCUT2D eigenvalue weighted by atomic mass is 9.98. The van der Waals surface area contributed by atoms with Crippen molar-refractivity contribution in [2.45, 2.75) is 44.8 Å². The van der Waals surface area contributed by atoms with E-state index in [0.717, 1.165) is 22.3 Å². The smallest absolute Gasteiger partial charge is 0.407 e. The number of ether oxygens (including phenoxy) is 2. The Labute approximate surface area is 199 Å². The molecule has 1 aliphatic rings. The van der Waals surface area contributed by atoms with E-state index in [-0.39, 0.29) is 32.0 Å². The molecule has 0 fully saturated rings. The van der Waals surface area contributed by atoms with Crippen molar-refractivity contribution in [2.24, 2.45) is 0 Å². The fourth-order valence-electron chi connectivity index (χ4n) is 4.41. The van der Waals surface area contributed by atoms with Crippen molar-refractivity contribution in [2.75, 3.05) is 26.8 Å². The molecule has 1 unspecified atom stereocenters. The second kappa shape index (κ2) is 10.7. The molecule has 8 nitrogen and oxygen atoms in total. The largest absolute Gasteiger partial charge is 0.480 e. The maximum Gasteiger partial charge on any atom is 0.407 e. The fourth-order valence-corrected chi connectivity index (χ4v) is 4.41. The zero-order valence-electron chi connectivity index (χ0n) is 20.0. The van der Waals surface area contributed by atoms with E-state index in [2.05, 4.69) is 17.4 Å². The van der Waals surface area contributed by atoms with Crippen molar-refractivity contribution in [1.82, 2.24) is 10.2 Å². The zero-order chi connectivity index (χ0) is 24.9. The number of rotatable bonds is 10. The molecule has 0 aliphatic heterocycles. The van der Waals surface area contributed by atoms with Gasteiger partial charge in [0.2, 0.25) is 0 Å². The van der Waals surface area contributed by atoms with Crippen LogP contribution in [-0.2, 0) is 19.1 Å². The van der Waals surface area contributed by atoms with Crippen LogP contribution in [0.15, 0.2) is 48.5 Å². The molecule has 2 aromatic rings. The molecule has 0 aromatic heterocycles. The molecular formula is C26H32N2O6. The van der Waals surface area contributed by atoms with Crippen LogP contribution < -0.4 is 5.32 Å². The van der Waals surface area contributed by atoms with E-state index in [1.54, 1.807) is 6.92 Å². The van der Waals surface area contributed by atoms with Gasteiger partial charge in [-0.05, 0) is 43.0 Å². The summed E-state index contributed by atoms with van der Waals surface area (Å²) in [6.07, 6.45) is -1.28. The summed E-state index contributed by atoms with van der Waals surface area (Å²) in [6, 6.07) is 16.2. The summed E-state index contributed by atoms with van der Waals surface area (Å²) in [4.78, 5) is 38.0. The third-order valence-corrected chi connectivity index (χ3v) is 6.36. The summed E-state index contributed by atoms with van der Waals surface area (Å²) in [6.45, 7) is 5.22. The SMILES string of the molecule is CCN(C(=O)C(CCNC(=O)OCC1c2ccccc2-c2ccccc21)OC)C(C)(C)C(=O)O. The van der Waals surface area contributed by atoms with E-state index in [4.69, 9.17) is 9.47 Å². The Morgan fingerprint density at radius 1 is 1.06 bits per heavy atom. The van der Waals surface area contributed by atoms with Crippen LogP contribution in [0.4, 0.5) is 4.79 Å². The minimum atomic E-state index is -1.37. The summed E-state index contributed by atoms with van der Waals surface area (Å²) in [5.74, 6) is -1.58. The van der Waals surface area contributed by atoms with Crippen LogP contribution in [0, 0.1) is 0 Å². The van der Waals surface area contributed by atoms with Crippen molar-refractivity contribution in [3.63, 3.8) is 0 Å². The van der Waals surface area contributed by atoms with Gasteiger partial charge in [-0.1, -0.05) is 48.5 Å². The molecule has 182 valence electrons. The van der Waals surface area contributed by atoms with Crippen LogP contribution in [-0.4, -0.2) is 66.4 Å². The molecule has 0 saturated heterocycles. The first-order chi connectivity index (χ1) is 16.2. The van der Waals surface area contributed by atoms with Crippen LogP contribution in [0.1, 0.15) is 44.2 Å². The predicted octanol–water partition coefficient (Wildman–Crippen LogP) is 3.64. The maximum atomic E-state index is 12.9. The zero-order valence-corrected chi connectivity index (χ0v) is 20.0. The normalized spacial score (nSPS) is 13.5. The van der Waals surface area contributed by atoms with E-state index in [9.17, 15) is 19.5 Å². The molecule has 0 saturated carbocycles. The molecule has 2 N–H and O–H groups in total. The van der Waals surface area contributed by atoms with Crippen molar-refractivity contribution < 1.29 is 29.0 Å². The highest BCUT2D eigenvalue weighted by Crippen LogP contribution is 2.44. The minimum absolute atomic E-state index is 0.0391. The van der Waals surface area contributed by atoms with Crippen LogP contribution in [0.3, 0.4) is 0 Å². The molecule has 0 heterocycles. The molecule has 1 atom stereocenters. The van der Waals surface area contributed by atoms with Gasteiger partial charge >= 0.3 is 12.1 Å². The highest BCUT2D eigenvalue weighted by atomic mass is 16.5. The molecule has 2 aromatic carbocycles. The van der Waals surface area contributed by atoms with E-state index < -0.39 is 29.6 Å². The Morgan fingerprint density at radius 3 is 2.12 bits per heavy atom. The van der Waals surface area contributed by atoms with Crippen molar-refractivity contribution >= 4 is 18.0 Å². The van der Waals surface area contributed by atoms with Gasteiger partial charge in [0.05, 0.1) is 0 Å². The molecular weight excluding hydrogens is 436 g/mol. The number of alkyl carbamates (subject to hydrolysis) is 1. The second-order valence-electron chi connectivity index (χ2n) is 8.71. The number of methoxy groups -OCH3 is 1. The van der Waals surface area contributed by atoms with Gasteiger partial charge < -0.3 is 24.8 Å². The summed E-state index contributed by atoms with van der Waals surface area (Å²) in [7, 11) is 1.39. The summed E-state index contributed by atoms with van der Waals surface area (Å²) >= 11 is 0. The number of fused-ring (bicyclic) bond motifs is 3. The number of carboxylic acids is 1. The number of carbonyl (C=O) groups excluding carboxylic acids is 2. The van der Waals surface area contributed by atoms with Crippen LogP contribution in [0.25, 0.3) is 11.1 Å². The van der Waals surface area contributed by atoms with Gasteiger partial charge in [-0.25, -0.2) is 9.59 Å². The summed E-state index contributed by atoms with van der Waals surface area (Å²) in [5, 5.41) is 12.1. The van der Waals surface area contributed by atoms with Gasteiger partial charge in [-0.2, -0.15) is 0 Å². The van der Waals surface area contributed by atoms with Gasteiger partial charge in [-0.3, -0.25) is 4.79 Å². The highest BCUT2D eigenvalue weighted by Gasteiger charge is 2.39. The third kappa shape index (κ3) is 5.07. The van der Waals surface area contributed by atoms with Crippen molar-refractivity contribution in [1.29, 1.82) is 0 Å². The Hall–Kier alpha value is -3.39. The molecule has 0 radical (unpaired) electrons.